The maximum Gasteiger partial charge on any atom is 0.180 e. The van der Waals surface area contributed by atoms with Crippen molar-refractivity contribution >= 4 is 9.84 Å². The van der Waals surface area contributed by atoms with Gasteiger partial charge >= 0.3 is 0 Å². The minimum atomic E-state index is -3.45. The number of methoxy groups -OCH3 is 1. The number of benzene rings is 2. The second-order valence-corrected chi connectivity index (χ2v) is 10.00. The van der Waals surface area contributed by atoms with E-state index in [1.165, 1.54) is 0 Å². The van der Waals surface area contributed by atoms with Gasteiger partial charge in [-0.05, 0) is 48.1 Å². The fourth-order valence-corrected chi connectivity index (χ4v) is 6.57. The molecule has 1 N–H and O–H groups in total. The zero-order valence-electron chi connectivity index (χ0n) is 18.0. The Kier molecular flexibility index (Phi) is 6.69. The van der Waals surface area contributed by atoms with Crippen molar-refractivity contribution in [2.75, 3.05) is 12.9 Å². The smallest absolute Gasteiger partial charge is 0.180 e. The van der Waals surface area contributed by atoms with Gasteiger partial charge in [0, 0.05) is 5.54 Å². The number of sulfone groups is 1. The highest BCUT2D eigenvalue weighted by molar-refractivity contribution is 7.91. The van der Waals surface area contributed by atoms with Gasteiger partial charge in [0.05, 0.1) is 23.8 Å². The Bertz CT molecular complexity index is 940. The first-order chi connectivity index (χ1) is 13.9. The lowest BCUT2D eigenvalue weighted by molar-refractivity contribution is 0.294. The van der Waals surface area contributed by atoms with Crippen molar-refractivity contribution in [2.45, 2.75) is 69.4 Å². The molecule has 0 spiro atoms. The van der Waals surface area contributed by atoms with E-state index >= 15 is 0 Å². The molecule has 2 atom stereocenters. The molecule has 1 aliphatic heterocycles. The molecule has 3 rings (SSSR count). The highest BCUT2D eigenvalue weighted by atomic mass is 32.2. The lowest BCUT2D eigenvalue weighted by Crippen LogP contribution is -2.50. The average Bonchev–Trinajstić information content (AvgIpc) is 2.84. The van der Waals surface area contributed by atoms with Crippen molar-refractivity contribution < 1.29 is 13.2 Å². The van der Waals surface area contributed by atoms with Crippen molar-refractivity contribution in [2.24, 2.45) is 0 Å². The van der Waals surface area contributed by atoms with Crippen molar-refractivity contribution in [3.05, 3.63) is 59.2 Å². The molecule has 0 fully saturated rings. The lowest BCUT2D eigenvalue weighted by atomic mass is 9.87. The van der Waals surface area contributed by atoms with Crippen molar-refractivity contribution in [1.82, 2.24) is 5.32 Å². The van der Waals surface area contributed by atoms with E-state index in [2.05, 4.69) is 31.3 Å². The summed E-state index contributed by atoms with van der Waals surface area (Å²) in [5.41, 5.74) is 2.34. The number of fused-ring (bicyclic) bond motifs is 1. The summed E-state index contributed by atoms with van der Waals surface area (Å²) < 4.78 is 32.8. The number of aryl methyl sites for hydroxylation is 1. The maximum absolute atomic E-state index is 13.6. The molecule has 0 radical (unpaired) electrons. The number of ether oxygens (including phenoxy) is 1. The number of nitrogens with one attached hydrogen (secondary N) is 1. The summed E-state index contributed by atoms with van der Waals surface area (Å²) in [4.78, 5) is 0.448. The van der Waals surface area contributed by atoms with E-state index in [0.29, 0.717) is 4.90 Å². The van der Waals surface area contributed by atoms with E-state index in [0.717, 1.165) is 54.5 Å². The number of unbranched alkanes of at least 4 members (excludes halogenated alkanes) is 1. The van der Waals surface area contributed by atoms with E-state index < -0.39 is 15.4 Å². The van der Waals surface area contributed by atoms with E-state index in [-0.39, 0.29) is 11.8 Å². The first-order valence-electron chi connectivity index (χ1n) is 10.7. The van der Waals surface area contributed by atoms with E-state index in [1.807, 2.05) is 37.3 Å². The average molecular weight is 416 g/mol. The van der Waals surface area contributed by atoms with Gasteiger partial charge in [0.25, 0.3) is 0 Å². The Morgan fingerprint density at radius 2 is 1.86 bits per heavy atom. The summed E-state index contributed by atoms with van der Waals surface area (Å²) in [6.45, 7) is 6.27. The van der Waals surface area contributed by atoms with Crippen LogP contribution in [-0.2, 0) is 16.3 Å². The van der Waals surface area contributed by atoms with Crippen LogP contribution in [0.1, 0.15) is 69.2 Å². The zero-order valence-corrected chi connectivity index (χ0v) is 18.8. The van der Waals surface area contributed by atoms with Gasteiger partial charge in [-0.1, -0.05) is 63.9 Å². The molecule has 0 amide bonds. The van der Waals surface area contributed by atoms with Gasteiger partial charge in [-0.2, -0.15) is 0 Å². The van der Waals surface area contributed by atoms with Crippen LogP contribution in [0.3, 0.4) is 0 Å². The molecule has 158 valence electrons. The molecule has 4 nitrogen and oxygen atoms in total. The molecule has 1 heterocycles. The molecule has 0 aliphatic carbocycles. The fraction of sp³-hybridized carbons (Fsp3) is 0.500. The van der Waals surface area contributed by atoms with Crippen LogP contribution in [0.5, 0.6) is 5.75 Å². The van der Waals surface area contributed by atoms with E-state index in [4.69, 9.17) is 4.74 Å². The fourth-order valence-electron chi connectivity index (χ4n) is 4.39. The molecule has 29 heavy (non-hydrogen) atoms. The summed E-state index contributed by atoms with van der Waals surface area (Å²) in [6.07, 6.45) is 4.37. The SMILES string of the molecule is CCCC[C@]1(CC)CS(=O)(=O)c2cc(CC)c(OC)cc2[C@H](c2ccccc2)N1. The van der Waals surface area contributed by atoms with Crippen molar-refractivity contribution in [3.8, 4) is 5.75 Å². The number of hydrogen-bond donors (Lipinski definition) is 1. The van der Waals surface area contributed by atoms with Crippen LogP contribution < -0.4 is 10.1 Å². The third kappa shape index (κ3) is 4.36. The molecule has 0 unspecified atom stereocenters. The highest BCUT2D eigenvalue weighted by Gasteiger charge is 2.42. The summed E-state index contributed by atoms with van der Waals surface area (Å²) >= 11 is 0. The standard InChI is InChI=1S/C24H33NO3S/c1-5-8-14-24(7-3)17-29(26,27)22-15-18(6-2)21(28-4)16-20(22)23(25-24)19-12-10-9-11-13-19/h9-13,15-16,23,25H,5-8,14,17H2,1-4H3/t23-,24+/m0/s1. The topological polar surface area (TPSA) is 55.4 Å². The maximum atomic E-state index is 13.6. The summed E-state index contributed by atoms with van der Waals surface area (Å²) in [7, 11) is -1.80. The second kappa shape index (κ2) is 8.88. The number of rotatable bonds is 7. The predicted molar refractivity (Wildman–Crippen MR) is 118 cm³/mol. The Balaban J connectivity index is 2.27. The third-order valence-corrected chi connectivity index (χ3v) is 8.13. The van der Waals surface area contributed by atoms with Crippen LogP contribution in [0.15, 0.2) is 47.4 Å². The minimum Gasteiger partial charge on any atom is -0.496 e. The van der Waals surface area contributed by atoms with Gasteiger partial charge in [0.15, 0.2) is 9.84 Å². The highest BCUT2D eigenvalue weighted by Crippen LogP contribution is 2.40. The first kappa shape index (κ1) is 21.8. The first-order valence-corrected chi connectivity index (χ1v) is 12.3. The second-order valence-electron chi connectivity index (χ2n) is 8.04. The molecule has 0 aromatic heterocycles. The molecule has 2 aromatic carbocycles. The van der Waals surface area contributed by atoms with E-state index in [9.17, 15) is 8.42 Å². The van der Waals surface area contributed by atoms with Crippen LogP contribution in [0.2, 0.25) is 0 Å². The molecule has 1 aliphatic rings. The van der Waals surface area contributed by atoms with Gasteiger partial charge in [-0.3, -0.25) is 5.32 Å². The summed E-state index contributed by atoms with van der Waals surface area (Å²) in [5.74, 6) is 0.879. The van der Waals surface area contributed by atoms with Gasteiger partial charge < -0.3 is 4.74 Å². The van der Waals surface area contributed by atoms with Gasteiger partial charge in [-0.25, -0.2) is 8.42 Å². The van der Waals surface area contributed by atoms with Gasteiger partial charge in [0.1, 0.15) is 5.75 Å². The molecule has 5 heteroatoms. The minimum absolute atomic E-state index is 0.127. The zero-order chi connectivity index (χ0) is 21.1. The molecule has 2 aromatic rings. The molecule has 0 bridgehead atoms. The molecule has 0 saturated heterocycles. The molecular formula is C24H33NO3S. The summed E-state index contributed by atoms with van der Waals surface area (Å²) in [6, 6.07) is 13.7. The van der Waals surface area contributed by atoms with Crippen LogP contribution >= 0.6 is 0 Å². The normalized spacial score (nSPS) is 23.2. The van der Waals surface area contributed by atoms with E-state index in [1.54, 1.807) is 7.11 Å². The van der Waals surface area contributed by atoms with Gasteiger partial charge in [0.2, 0.25) is 0 Å². The Labute approximate surface area is 175 Å². The monoisotopic (exact) mass is 415 g/mol. The Hall–Kier alpha value is -1.85. The summed E-state index contributed by atoms with van der Waals surface area (Å²) in [5, 5.41) is 3.80. The third-order valence-electron chi connectivity index (χ3n) is 6.18. The molecule has 0 saturated carbocycles. The largest absolute Gasteiger partial charge is 0.496 e. The van der Waals surface area contributed by atoms with Crippen LogP contribution in [0.4, 0.5) is 0 Å². The lowest BCUT2D eigenvalue weighted by Gasteiger charge is -2.36. The number of hydrogen-bond acceptors (Lipinski definition) is 4. The van der Waals surface area contributed by atoms with Crippen LogP contribution in [0, 0.1) is 0 Å². The van der Waals surface area contributed by atoms with Crippen molar-refractivity contribution in [1.29, 1.82) is 0 Å². The van der Waals surface area contributed by atoms with Crippen LogP contribution in [0.25, 0.3) is 0 Å². The van der Waals surface area contributed by atoms with Crippen molar-refractivity contribution in [3.63, 3.8) is 0 Å². The Morgan fingerprint density at radius 3 is 2.45 bits per heavy atom. The Morgan fingerprint density at radius 1 is 1.14 bits per heavy atom. The van der Waals surface area contributed by atoms with Gasteiger partial charge in [-0.15, -0.1) is 0 Å². The molecular weight excluding hydrogens is 382 g/mol. The predicted octanol–water partition coefficient (Wildman–Crippen LogP) is 5.06. The quantitative estimate of drug-likeness (QED) is 0.686. The van der Waals surface area contributed by atoms with Crippen LogP contribution in [-0.4, -0.2) is 26.8 Å².